The van der Waals surface area contributed by atoms with Crippen LogP contribution in [0.4, 0.5) is 10.1 Å². The highest BCUT2D eigenvalue weighted by atomic mass is 31.2. The van der Waals surface area contributed by atoms with Gasteiger partial charge in [-0.1, -0.05) is 19.9 Å². The van der Waals surface area contributed by atoms with E-state index in [2.05, 4.69) is 15.4 Å². The number of hydrogen-bond donors (Lipinski definition) is 1. The van der Waals surface area contributed by atoms with Crippen molar-refractivity contribution < 1.29 is 18.5 Å². The molecule has 0 unspecified atom stereocenters. The van der Waals surface area contributed by atoms with Gasteiger partial charge in [0.15, 0.2) is 0 Å². The maximum Gasteiger partial charge on any atom is 0.228 e. The molecule has 0 saturated carbocycles. The standard InChI is InChI=1S/C29H34FN4O3P/c1-7-38(36,8-2)22-10-11-24-23(16-22)26(13-14-31-24)37-25-12-9-20(28(30)19(25)3)15-27(35)33-21-17-32-34(18-21)29(4,5)6/h9-14,16-18H,7-8,15H2,1-6H3,(H,33,35). The number of nitrogens with zero attached hydrogens (tertiary/aromatic N) is 3. The van der Waals surface area contributed by atoms with E-state index in [1.165, 1.54) is 0 Å². The molecule has 0 aliphatic carbocycles. The highest BCUT2D eigenvalue weighted by Gasteiger charge is 2.22. The van der Waals surface area contributed by atoms with Gasteiger partial charge in [0.1, 0.15) is 24.5 Å². The molecule has 0 aliphatic heterocycles. The zero-order valence-electron chi connectivity index (χ0n) is 22.7. The number of benzene rings is 2. The first-order valence-electron chi connectivity index (χ1n) is 12.7. The number of nitrogens with one attached hydrogen (secondary N) is 1. The lowest BCUT2D eigenvalue weighted by Gasteiger charge is -2.18. The number of amides is 1. The molecule has 4 rings (SSSR count). The van der Waals surface area contributed by atoms with Gasteiger partial charge in [-0.25, -0.2) is 4.39 Å². The molecular weight excluding hydrogens is 502 g/mol. The van der Waals surface area contributed by atoms with Crippen molar-refractivity contribution in [1.29, 1.82) is 0 Å². The summed E-state index contributed by atoms with van der Waals surface area (Å²) in [5.41, 5.74) is 1.61. The third kappa shape index (κ3) is 5.65. The van der Waals surface area contributed by atoms with Crippen LogP contribution in [0.2, 0.25) is 0 Å². The minimum Gasteiger partial charge on any atom is -0.456 e. The van der Waals surface area contributed by atoms with Crippen LogP contribution in [0.1, 0.15) is 45.7 Å². The van der Waals surface area contributed by atoms with Gasteiger partial charge in [0.2, 0.25) is 5.91 Å². The quantitative estimate of drug-likeness (QED) is 0.255. The predicted octanol–water partition coefficient (Wildman–Crippen LogP) is 6.64. The fourth-order valence-corrected chi connectivity index (χ4v) is 6.15. The van der Waals surface area contributed by atoms with Crippen LogP contribution < -0.4 is 15.4 Å². The van der Waals surface area contributed by atoms with E-state index in [1.54, 1.807) is 48.4 Å². The number of halogens is 1. The maximum absolute atomic E-state index is 15.3. The van der Waals surface area contributed by atoms with Crippen LogP contribution >= 0.6 is 7.14 Å². The first kappa shape index (κ1) is 27.5. The van der Waals surface area contributed by atoms with Gasteiger partial charge in [-0.05, 0) is 63.6 Å². The number of hydrogen-bond acceptors (Lipinski definition) is 5. The summed E-state index contributed by atoms with van der Waals surface area (Å²) in [6, 6.07) is 10.5. The number of ether oxygens (including phenoxy) is 1. The van der Waals surface area contributed by atoms with E-state index in [9.17, 15) is 9.36 Å². The second-order valence-electron chi connectivity index (χ2n) is 10.4. The first-order chi connectivity index (χ1) is 17.9. The van der Waals surface area contributed by atoms with E-state index >= 15 is 4.39 Å². The maximum atomic E-state index is 15.3. The van der Waals surface area contributed by atoms with Crippen LogP contribution in [0, 0.1) is 12.7 Å². The van der Waals surface area contributed by atoms with Gasteiger partial charge >= 0.3 is 0 Å². The number of anilines is 1. The van der Waals surface area contributed by atoms with Gasteiger partial charge in [0.05, 0.1) is 29.4 Å². The van der Waals surface area contributed by atoms with Crippen molar-refractivity contribution in [3.05, 3.63) is 71.9 Å². The molecule has 0 atom stereocenters. The lowest BCUT2D eigenvalue weighted by Crippen LogP contribution is -2.22. The fourth-order valence-electron chi connectivity index (χ4n) is 4.26. The molecule has 0 bridgehead atoms. The topological polar surface area (TPSA) is 86.1 Å². The molecular formula is C29H34FN4O3P. The molecule has 0 fully saturated rings. The molecule has 0 radical (unpaired) electrons. The molecule has 200 valence electrons. The average Bonchev–Trinajstić information content (AvgIpc) is 3.37. The summed E-state index contributed by atoms with van der Waals surface area (Å²) in [7, 11) is -2.50. The predicted molar refractivity (Wildman–Crippen MR) is 151 cm³/mol. The van der Waals surface area contributed by atoms with E-state index in [4.69, 9.17) is 4.74 Å². The summed E-state index contributed by atoms with van der Waals surface area (Å²) in [6.07, 6.45) is 5.97. The molecule has 4 aromatic rings. The van der Waals surface area contributed by atoms with E-state index in [0.717, 1.165) is 5.30 Å². The summed E-state index contributed by atoms with van der Waals surface area (Å²) in [6.45, 7) is 11.5. The lowest BCUT2D eigenvalue weighted by molar-refractivity contribution is -0.115. The summed E-state index contributed by atoms with van der Waals surface area (Å²) in [5.74, 6) is 0.00237. The van der Waals surface area contributed by atoms with Gasteiger partial charge in [0, 0.05) is 41.0 Å². The van der Waals surface area contributed by atoms with Crippen molar-refractivity contribution in [1.82, 2.24) is 14.8 Å². The number of carbonyl (C=O) groups is 1. The Morgan fingerprint density at radius 1 is 1.11 bits per heavy atom. The number of carbonyl (C=O) groups excluding carboxylic acids is 1. The molecule has 38 heavy (non-hydrogen) atoms. The molecule has 2 aromatic heterocycles. The van der Waals surface area contributed by atoms with Crippen LogP contribution in [0.5, 0.6) is 11.5 Å². The number of fused-ring (bicyclic) bond motifs is 1. The van der Waals surface area contributed by atoms with Crippen molar-refractivity contribution in [3.8, 4) is 11.5 Å². The summed E-state index contributed by atoms with van der Waals surface area (Å²) in [4.78, 5) is 17.0. The van der Waals surface area contributed by atoms with Gasteiger partial charge < -0.3 is 14.6 Å². The summed E-state index contributed by atoms with van der Waals surface area (Å²) >= 11 is 0. The van der Waals surface area contributed by atoms with Gasteiger partial charge in [-0.15, -0.1) is 0 Å². The number of pyridine rings is 1. The van der Waals surface area contributed by atoms with Crippen molar-refractivity contribution in [3.63, 3.8) is 0 Å². The third-order valence-corrected chi connectivity index (χ3v) is 9.98. The lowest BCUT2D eigenvalue weighted by atomic mass is 10.1. The van der Waals surface area contributed by atoms with Crippen LogP contribution in [0.3, 0.4) is 0 Å². The van der Waals surface area contributed by atoms with Crippen molar-refractivity contribution in [2.75, 3.05) is 17.6 Å². The molecule has 2 aromatic carbocycles. The van der Waals surface area contributed by atoms with E-state index in [0.29, 0.717) is 46.0 Å². The first-order valence-corrected chi connectivity index (χ1v) is 14.8. The van der Waals surface area contributed by atoms with Crippen molar-refractivity contribution in [2.24, 2.45) is 0 Å². The van der Waals surface area contributed by atoms with E-state index < -0.39 is 13.0 Å². The number of aromatic nitrogens is 3. The Kier molecular flexibility index (Phi) is 7.75. The SMILES string of the molecule is CCP(=O)(CC)c1ccc2nccc(Oc3ccc(CC(=O)Nc4cnn(C(C)(C)C)c4)c(F)c3C)c2c1. The Morgan fingerprint density at radius 3 is 2.50 bits per heavy atom. The Balaban J connectivity index is 1.56. The van der Waals surface area contributed by atoms with Gasteiger partial charge in [0.25, 0.3) is 0 Å². The van der Waals surface area contributed by atoms with Gasteiger partial charge in [-0.2, -0.15) is 5.10 Å². The molecule has 2 heterocycles. The van der Waals surface area contributed by atoms with Crippen LogP contribution in [0.25, 0.3) is 10.9 Å². The Morgan fingerprint density at radius 2 is 1.84 bits per heavy atom. The smallest absolute Gasteiger partial charge is 0.228 e. The third-order valence-electron chi connectivity index (χ3n) is 6.72. The largest absolute Gasteiger partial charge is 0.456 e. The van der Waals surface area contributed by atoms with Crippen molar-refractivity contribution >= 4 is 34.9 Å². The Hall–Kier alpha value is -3.51. The molecule has 9 heteroatoms. The molecule has 0 aliphatic rings. The summed E-state index contributed by atoms with van der Waals surface area (Å²) < 4.78 is 36.5. The highest BCUT2D eigenvalue weighted by Crippen LogP contribution is 2.44. The van der Waals surface area contributed by atoms with Gasteiger partial charge in [-0.3, -0.25) is 14.5 Å². The average molecular weight is 537 g/mol. The second-order valence-corrected chi connectivity index (χ2v) is 13.9. The molecule has 0 saturated heterocycles. The zero-order chi connectivity index (χ0) is 27.7. The van der Waals surface area contributed by atoms with E-state index in [1.807, 2.05) is 52.8 Å². The summed E-state index contributed by atoms with van der Waals surface area (Å²) in [5, 5.41) is 8.55. The molecule has 1 N–H and O–H groups in total. The molecule has 0 spiro atoms. The van der Waals surface area contributed by atoms with Crippen LogP contribution in [-0.2, 0) is 21.3 Å². The minimum atomic E-state index is -2.50. The van der Waals surface area contributed by atoms with Crippen LogP contribution in [-0.4, -0.2) is 33.0 Å². The molecule has 1 amide bonds. The molecule has 7 nitrogen and oxygen atoms in total. The Bertz CT molecular complexity index is 1530. The fraction of sp³-hybridized carbons (Fsp3) is 0.345. The Labute approximate surface area is 222 Å². The monoisotopic (exact) mass is 536 g/mol. The second kappa shape index (κ2) is 10.7. The van der Waals surface area contributed by atoms with Crippen LogP contribution in [0.15, 0.2) is 55.0 Å². The number of rotatable bonds is 8. The zero-order valence-corrected chi connectivity index (χ0v) is 23.6. The normalized spacial score (nSPS) is 12.1. The highest BCUT2D eigenvalue weighted by molar-refractivity contribution is 7.71. The van der Waals surface area contributed by atoms with Crippen molar-refractivity contribution in [2.45, 2.75) is 53.5 Å². The minimum absolute atomic E-state index is 0.126. The van der Waals surface area contributed by atoms with E-state index in [-0.39, 0.29) is 23.4 Å².